The average Bonchev–Trinajstić information content (AvgIpc) is 2.38. The molecule has 0 spiro atoms. The Bertz CT molecular complexity index is 743. The molecular weight excluding hydrogens is 232 g/mol. The van der Waals surface area contributed by atoms with Crippen molar-refractivity contribution in [3.05, 3.63) is 59.7 Å². The number of nitrogen functional groups attached to an aromatic ring is 1. The van der Waals surface area contributed by atoms with Gasteiger partial charge in [0.15, 0.2) is 0 Å². The zero-order chi connectivity index (χ0) is 13.4. The van der Waals surface area contributed by atoms with Gasteiger partial charge in [-0.05, 0) is 25.3 Å². The van der Waals surface area contributed by atoms with Crippen LogP contribution in [0.2, 0.25) is 0 Å². The van der Waals surface area contributed by atoms with Gasteiger partial charge in [-0.3, -0.25) is 0 Å². The third kappa shape index (κ3) is 2.17. The minimum atomic E-state index is 0.591. The van der Waals surface area contributed by atoms with E-state index in [9.17, 15) is 0 Å². The topological polar surface area (TPSA) is 38.9 Å². The molecule has 0 atom stereocenters. The van der Waals surface area contributed by atoms with Crippen molar-refractivity contribution in [3.63, 3.8) is 0 Å². The predicted octanol–water partition coefficient (Wildman–Crippen LogP) is 4.10. The molecule has 0 unspecified atom stereocenters. The van der Waals surface area contributed by atoms with Crippen LogP contribution in [-0.4, -0.2) is 4.98 Å². The first-order valence-electron chi connectivity index (χ1n) is 6.37. The number of nitrogens with zero attached hydrogens (tertiary/aromatic N) is 1. The fourth-order valence-corrected chi connectivity index (χ4v) is 2.28. The molecule has 2 nitrogen and oxygen atoms in total. The molecular formula is C17H16N2. The summed E-state index contributed by atoms with van der Waals surface area (Å²) < 4.78 is 0. The maximum Gasteiger partial charge on any atom is 0.131 e. The molecule has 1 heterocycles. The summed E-state index contributed by atoms with van der Waals surface area (Å²) >= 11 is 0. The van der Waals surface area contributed by atoms with Crippen molar-refractivity contribution in [1.82, 2.24) is 4.98 Å². The Labute approximate surface area is 112 Å². The Balaban J connectivity index is 2.22. The first-order chi connectivity index (χ1) is 9.13. The molecule has 0 saturated heterocycles. The van der Waals surface area contributed by atoms with Crippen LogP contribution in [0.1, 0.15) is 11.1 Å². The number of fused-ring (bicyclic) bond motifs is 1. The van der Waals surface area contributed by atoms with Crippen molar-refractivity contribution in [2.45, 2.75) is 13.8 Å². The second-order valence-corrected chi connectivity index (χ2v) is 4.98. The number of aromatic nitrogens is 1. The van der Waals surface area contributed by atoms with Crippen molar-refractivity contribution in [2.24, 2.45) is 0 Å². The Kier molecular flexibility index (Phi) is 2.71. The van der Waals surface area contributed by atoms with Crippen LogP contribution in [0.3, 0.4) is 0 Å². The third-order valence-corrected chi connectivity index (χ3v) is 3.36. The Morgan fingerprint density at radius 2 is 1.53 bits per heavy atom. The van der Waals surface area contributed by atoms with Crippen LogP contribution in [-0.2, 0) is 0 Å². The summed E-state index contributed by atoms with van der Waals surface area (Å²) in [6.45, 7) is 4.16. The van der Waals surface area contributed by atoms with E-state index >= 15 is 0 Å². The van der Waals surface area contributed by atoms with Gasteiger partial charge in [0.25, 0.3) is 0 Å². The van der Waals surface area contributed by atoms with E-state index in [0.29, 0.717) is 5.82 Å². The molecule has 2 heteroatoms. The molecule has 2 N–H and O–H groups in total. The summed E-state index contributed by atoms with van der Waals surface area (Å²) in [6, 6.07) is 16.7. The van der Waals surface area contributed by atoms with Gasteiger partial charge in [0, 0.05) is 10.9 Å². The van der Waals surface area contributed by atoms with Gasteiger partial charge < -0.3 is 5.73 Å². The van der Waals surface area contributed by atoms with Crippen LogP contribution >= 0.6 is 0 Å². The van der Waals surface area contributed by atoms with Crippen LogP contribution in [0.5, 0.6) is 0 Å². The number of hydrogen-bond donors (Lipinski definition) is 1. The van der Waals surface area contributed by atoms with Gasteiger partial charge in [-0.2, -0.15) is 0 Å². The second kappa shape index (κ2) is 4.39. The molecule has 3 rings (SSSR count). The van der Waals surface area contributed by atoms with E-state index in [0.717, 1.165) is 22.0 Å². The maximum atomic E-state index is 6.06. The van der Waals surface area contributed by atoms with E-state index in [1.165, 1.54) is 11.1 Å². The molecule has 0 fully saturated rings. The Morgan fingerprint density at radius 3 is 2.26 bits per heavy atom. The van der Waals surface area contributed by atoms with E-state index in [2.05, 4.69) is 61.3 Å². The Hall–Kier alpha value is -2.35. The molecule has 0 aliphatic rings. The zero-order valence-electron chi connectivity index (χ0n) is 11.1. The molecule has 19 heavy (non-hydrogen) atoms. The minimum absolute atomic E-state index is 0.591. The van der Waals surface area contributed by atoms with Crippen molar-refractivity contribution >= 4 is 16.6 Å². The lowest BCUT2D eigenvalue weighted by Crippen LogP contribution is -1.94. The van der Waals surface area contributed by atoms with Crippen LogP contribution < -0.4 is 5.73 Å². The summed E-state index contributed by atoms with van der Waals surface area (Å²) in [5.41, 5.74) is 10.6. The second-order valence-electron chi connectivity index (χ2n) is 4.98. The summed E-state index contributed by atoms with van der Waals surface area (Å²) in [7, 11) is 0. The first kappa shape index (κ1) is 11.7. The van der Waals surface area contributed by atoms with Gasteiger partial charge in [-0.1, -0.05) is 53.6 Å². The number of nitrogens with two attached hydrogens (primary N) is 1. The standard InChI is InChI=1S/C17H16N2/c1-11-3-6-13(7-4-11)16-10-14-9-12(2)5-8-15(14)17(18)19-16/h3-10H,1-2H3,(H2,18,19). The monoisotopic (exact) mass is 248 g/mol. The molecule has 0 aliphatic heterocycles. The largest absolute Gasteiger partial charge is 0.383 e. The van der Waals surface area contributed by atoms with Gasteiger partial charge in [0.1, 0.15) is 5.82 Å². The van der Waals surface area contributed by atoms with Crippen LogP contribution in [0, 0.1) is 13.8 Å². The number of rotatable bonds is 1. The summed E-state index contributed by atoms with van der Waals surface area (Å²) in [5.74, 6) is 0.591. The zero-order valence-corrected chi connectivity index (χ0v) is 11.1. The van der Waals surface area contributed by atoms with Crippen molar-refractivity contribution in [3.8, 4) is 11.3 Å². The fourth-order valence-electron chi connectivity index (χ4n) is 2.28. The summed E-state index contributed by atoms with van der Waals surface area (Å²) in [6.07, 6.45) is 0. The smallest absolute Gasteiger partial charge is 0.131 e. The number of benzene rings is 2. The van der Waals surface area contributed by atoms with E-state index < -0.39 is 0 Å². The van der Waals surface area contributed by atoms with Crippen LogP contribution in [0.25, 0.3) is 22.0 Å². The fraction of sp³-hybridized carbons (Fsp3) is 0.118. The average molecular weight is 248 g/mol. The van der Waals surface area contributed by atoms with Crippen molar-refractivity contribution in [2.75, 3.05) is 5.73 Å². The Morgan fingerprint density at radius 1 is 0.842 bits per heavy atom. The molecule has 3 aromatic rings. The highest BCUT2D eigenvalue weighted by Crippen LogP contribution is 2.27. The predicted molar refractivity (Wildman–Crippen MR) is 81.1 cm³/mol. The van der Waals surface area contributed by atoms with E-state index in [1.54, 1.807) is 0 Å². The van der Waals surface area contributed by atoms with E-state index in [-0.39, 0.29) is 0 Å². The molecule has 0 aliphatic carbocycles. The van der Waals surface area contributed by atoms with Gasteiger partial charge in [-0.15, -0.1) is 0 Å². The molecule has 1 aromatic heterocycles. The minimum Gasteiger partial charge on any atom is -0.383 e. The number of anilines is 1. The van der Waals surface area contributed by atoms with Crippen molar-refractivity contribution < 1.29 is 0 Å². The SMILES string of the molecule is Cc1ccc(-c2cc3cc(C)ccc3c(N)n2)cc1. The molecule has 94 valence electrons. The first-order valence-corrected chi connectivity index (χ1v) is 6.37. The highest BCUT2D eigenvalue weighted by Gasteiger charge is 2.05. The number of pyridine rings is 1. The highest BCUT2D eigenvalue weighted by molar-refractivity contribution is 5.94. The molecule has 0 saturated carbocycles. The molecule has 0 amide bonds. The van der Waals surface area contributed by atoms with Crippen molar-refractivity contribution in [1.29, 1.82) is 0 Å². The molecule has 0 radical (unpaired) electrons. The number of aryl methyl sites for hydroxylation is 2. The maximum absolute atomic E-state index is 6.06. The summed E-state index contributed by atoms with van der Waals surface area (Å²) in [5, 5.41) is 2.16. The lowest BCUT2D eigenvalue weighted by atomic mass is 10.0. The van der Waals surface area contributed by atoms with Crippen LogP contribution in [0.4, 0.5) is 5.82 Å². The van der Waals surface area contributed by atoms with Gasteiger partial charge in [-0.25, -0.2) is 4.98 Å². The van der Waals surface area contributed by atoms with Gasteiger partial charge in [0.2, 0.25) is 0 Å². The van der Waals surface area contributed by atoms with E-state index in [1.807, 2.05) is 6.07 Å². The highest BCUT2D eigenvalue weighted by atomic mass is 14.8. The summed E-state index contributed by atoms with van der Waals surface area (Å²) in [4.78, 5) is 4.51. The van der Waals surface area contributed by atoms with Gasteiger partial charge >= 0.3 is 0 Å². The lowest BCUT2D eigenvalue weighted by Gasteiger charge is -2.07. The molecule has 0 bridgehead atoms. The van der Waals surface area contributed by atoms with E-state index in [4.69, 9.17) is 5.73 Å². The lowest BCUT2D eigenvalue weighted by molar-refractivity contribution is 1.35. The number of hydrogen-bond acceptors (Lipinski definition) is 2. The van der Waals surface area contributed by atoms with Crippen LogP contribution in [0.15, 0.2) is 48.5 Å². The molecule has 2 aromatic carbocycles. The third-order valence-electron chi connectivity index (χ3n) is 3.36. The van der Waals surface area contributed by atoms with Gasteiger partial charge in [0.05, 0.1) is 5.69 Å². The quantitative estimate of drug-likeness (QED) is 0.704. The normalized spacial score (nSPS) is 10.8.